The Morgan fingerprint density at radius 2 is 2.31 bits per heavy atom. The standard InChI is InChI=1S/C10H17NS2/c1-8(7-12-3)11-9(2)10-5-4-6-13-10/h4-6,8-9,11H,7H2,1-3H3. The lowest BCUT2D eigenvalue weighted by Gasteiger charge is -2.17. The monoisotopic (exact) mass is 215 g/mol. The maximum Gasteiger partial charge on any atom is 0.0388 e. The summed E-state index contributed by atoms with van der Waals surface area (Å²) in [5.41, 5.74) is 0. The van der Waals surface area contributed by atoms with E-state index in [-0.39, 0.29) is 0 Å². The van der Waals surface area contributed by atoms with E-state index in [4.69, 9.17) is 0 Å². The van der Waals surface area contributed by atoms with Gasteiger partial charge in [-0.15, -0.1) is 11.3 Å². The van der Waals surface area contributed by atoms with Crippen LogP contribution in [0.5, 0.6) is 0 Å². The van der Waals surface area contributed by atoms with E-state index in [1.807, 2.05) is 23.1 Å². The fraction of sp³-hybridized carbons (Fsp3) is 0.600. The zero-order valence-corrected chi connectivity index (χ0v) is 10.0. The predicted molar refractivity (Wildman–Crippen MR) is 63.7 cm³/mol. The molecule has 1 nitrogen and oxygen atoms in total. The van der Waals surface area contributed by atoms with Gasteiger partial charge in [0.15, 0.2) is 0 Å². The lowest BCUT2D eigenvalue weighted by molar-refractivity contribution is 0.517. The van der Waals surface area contributed by atoms with Gasteiger partial charge >= 0.3 is 0 Å². The average molecular weight is 215 g/mol. The first-order valence-electron chi connectivity index (χ1n) is 4.52. The van der Waals surface area contributed by atoms with E-state index >= 15 is 0 Å². The fourth-order valence-electron chi connectivity index (χ4n) is 1.34. The molecule has 1 rings (SSSR count). The minimum absolute atomic E-state index is 0.488. The van der Waals surface area contributed by atoms with Crippen LogP contribution in [-0.2, 0) is 0 Å². The second-order valence-electron chi connectivity index (χ2n) is 3.26. The van der Waals surface area contributed by atoms with Crippen molar-refractivity contribution in [3.63, 3.8) is 0 Å². The Bertz CT molecular complexity index is 221. The van der Waals surface area contributed by atoms with Gasteiger partial charge in [0.1, 0.15) is 0 Å². The van der Waals surface area contributed by atoms with Gasteiger partial charge in [-0.25, -0.2) is 0 Å². The van der Waals surface area contributed by atoms with Crippen molar-refractivity contribution in [2.24, 2.45) is 0 Å². The molecule has 0 fully saturated rings. The van der Waals surface area contributed by atoms with E-state index in [0.717, 1.165) is 0 Å². The first-order valence-corrected chi connectivity index (χ1v) is 6.79. The van der Waals surface area contributed by atoms with Crippen LogP contribution in [0.15, 0.2) is 17.5 Å². The van der Waals surface area contributed by atoms with Gasteiger partial charge < -0.3 is 5.32 Å². The average Bonchev–Trinajstić information content (AvgIpc) is 2.55. The number of hydrogen-bond donors (Lipinski definition) is 1. The van der Waals surface area contributed by atoms with Crippen molar-refractivity contribution < 1.29 is 0 Å². The summed E-state index contributed by atoms with van der Waals surface area (Å²) in [6, 6.07) is 5.38. The third-order valence-corrected chi connectivity index (χ3v) is 3.81. The van der Waals surface area contributed by atoms with Gasteiger partial charge in [0.05, 0.1) is 0 Å². The van der Waals surface area contributed by atoms with Crippen molar-refractivity contribution in [3.8, 4) is 0 Å². The zero-order chi connectivity index (χ0) is 9.68. The zero-order valence-electron chi connectivity index (χ0n) is 8.41. The highest BCUT2D eigenvalue weighted by Crippen LogP contribution is 2.18. The van der Waals surface area contributed by atoms with Gasteiger partial charge in [-0.1, -0.05) is 6.07 Å². The summed E-state index contributed by atoms with van der Waals surface area (Å²) in [7, 11) is 0. The first-order chi connectivity index (χ1) is 6.24. The summed E-state index contributed by atoms with van der Waals surface area (Å²) in [6.45, 7) is 4.46. The Kier molecular flexibility index (Phi) is 4.84. The number of thiophene rings is 1. The molecular weight excluding hydrogens is 198 g/mol. The minimum atomic E-state index is 0.488. The molecule has 0 amide bonds. The summed E-state index contributed by atoms with van der Waals surface area (Å²) in [5, 5.41) is 5.70. The van der Waals surface area contributed by atoms with E-state index in [0.29, 0.717) is 12.1 Å². The van der Waals surface area contributed by atoms with Gasteiger partial charge in [-0.2, -0.15) is 11.8 Å². The summed E-state index contributed by atoms with van der Waals surface area (Å²) < 4.78 is 0. The first kappa shape index (κ1) is 11.1. The molecule has 3 heteroatoms. The Hall–Kier alpha value is 0.01000. The maximum absolute atomic E-state index is 3.57. The third kappa shape index (κ3) is 3.71. The number of rotatable bonds is 5. The van der Waals surface area contributed by atoms with Crippen molar-refractivity contribution >= 4 is 23.1 Å². The molecule has 0 aromatic carbocycles. The smallest absolute Gasteiger partial charge is 0.0388 e. The molecule has 1 heterocycles. The second kappa shape index (κ2) is 5.68. The molecule has 1 aromatic rings. The topological polar surface area (TPSA) is 12.0 Å². The Morgan fingerprint density at radius 1 is 1.54 bits per heavy atom. The fourth-order valence-corrected chi connectivity index (χ4v) is 2.68. The molecule has 0 spiro atoms. The number of nitrogens with one attached hydrogen (secondary N) is 1. The van der Waals surface area contributed by atoms with Gasteiger partial charge in [-0.05, 0) is 31.5 Å². The van der Waals surface area contributed by atoms with Crippen LogP contribution >= 0.6 is 23.1 Å². The van der Waals surface area contributed by atoms with E-state index in [2.05, 4.69) is 42.9 Å². The molecule has 1 N–H and O–H groups in total. The second-order valence-corrected chi connectivity index (χ2v) is 5.15. The van der Waals surface area contributed by atoms with Crippen molar-refractivity contribution in [1.29, 1.82) is 0 Å². The Labute approximate surface area is 88.9 Å². The SMILES string of the molecule is CSCC(C)NC(C)c1cccs1. The van der Waals surface area contributed by atoms with Crippen molar-refractivity contribution in [1.82, 2.24) is 5.32 Å². The van der Waals surface area contributed by atoms with Crippen LogP contribution in [0.2, 0.25) is 0 Å². The summed E-state index contributed by atoms with van der Waals surface area (Å²) in [6.07, 6.45) is 2.15. The molecule has 0 saturated heterocycles. The van der Waals surface area contributed by atoms with Gasteiger partial charge in [0, 0.05) is 22.7 Å². The van der Waals surface area contributed by atoms with Gasteiger partial charge in [-0.3, -0.25) is 0 Å². The van der Waals surface area contributed by atoms with Gasteiger partial charge in [0.2, 0.25) is 0 Å². The molecule has 0 aliphatic carbocycles. The van der Waals surface area contributed by atoms with Crippen molar-refractivity contribution in [3.05, 3.63) is 22.4 Å². The Morgan fingerprint density at radius 3 is 2.85 bits per heavy atom. The number of thioether (sulfide) groups is 1. The summed E-state index contributed by atoms with van der Waals surface area (Å²) in [4.78, 5) is 1.42. The highest BCUT2D eigenvalue weighted by molar-refractivity contribution is 7.98. The Balaban J connectivity index is 2.37. The predicted octanol–water partition coefficient (Wildman–Crippen LogP) is 3.15. The van der Waals surface area contributed by atoms with E-state index in [1.165, 1.54) is 10.6 Å². The molecule has 1 aromatic heterocycles. The largest absolute Gasteiger partial charge is 0.306 e. The quantitative estimate of drug-likeness (QED) is 0.810. The highest BCUT2D eigenvalue weighted by atomic mass is 32.2. The van der Waals surface area contributed by atoms with Crippen molar-refractivity contribution in [2.45, 2.75) is 25.9 Å². The molecule has 0 bridgehead atoms. The van der Waals surface area contributed by atoms with Crippen molar-refractivity contribution in [2.75, 3.05) is 12.0 Å². The summed E-state index contributed by atoms with van der Waals surface area (Å²) >= 11 is 3.71. The molecule has 74 valence electrons. The van der Waals surface area contributed by atoms with Crippen LogP contribution in [0.4, 0.5) is 0 Å². The van der Waals surface area contributed by atoms with Crippen LogP contribution in [0, 0.1) is 0 Å². The molecule has 0 saturated carbocycles. The van der Waals surface area contributed by atoms with Crippen LogP contribution in [0.25, 0.3) is 0 Å². The molecule has 13 heavy (non-hydrogen) atoms. The van der Waals surface area contributed by atoms with Crippen LogP contribution in [0.3, 0.4) is 0 Å². The lowest BCUT2D eigenvalue weighted by atomic mass is 10.2. The van der Waals surface area contributed by atoms with Crippen LogP contribution < -0.4 is 5.32 Å². The molecule has 2 unspecified atom stereocenters. The third-order valence-electron chi connectivity index (χ3n) is 1.92. The minimum Gasteiger partial charge on any atom is -0.306 e. The van der Waals surface area contributed by atoms with E-state index in [1.54, 1.807) is 0 Å². The maximum atomic E-state index is 3.57. The summed E-state index contributed by atoms with van der Waals surface area (Å²) in [5.74, 6) is 1.18. The highest BCUT2D eigenvalue weighted by Gasteiger charge is 2.08. The van der Waals surface area contributed by atoms with E-state index < -0.39 is 0 Å². The molecule has 2 atom stereocenters. The van der Waals surface area contributed by atoms with E-state index in [9.17, 15) is 0 Å². The molecule has 0 radical (unpaired) electrons. The lowest BCUT2D eigenvalue weighted by Crippen LogP contribution is -2.30. The van der Waals surface area contributed by atoms with Crippen LogP contribution in [0.1, 0.15) is 24.8 Å². The number of hydrogen-bond acceptors (Lipinski definition) is 3. The molecular formula is C10H17NS2. The van der Waals surface area contributed by atoms with Gasteiger partial charge in [0.25, 0.3) is 0 Å². The normalized spacial score (nSPS) is 15.6. The molecule has 0 aliphatic heterocycles. The molecule has 0 aliphatic rings. The van der Waals surface area contributed by atoms with Crippen LogP contribution in [-0.4, -0.2) is 18.1 Å².